The fraction of sp³-hybridized carbons (Fsp3) is 0.519. The SMILES string of the molecule is CN1CCC(c2ccc(C(F)(F)F)cc2)CC1.O=Cc1ccc(C2(O)COC2)cc1N1CCOCC1. The molecule has 2 aromatic carbocycles. The van der Waals surface area contributed by atoms with Crippen LogP contribution < -0.4 is 4.90 Å². The van der Waals surface area contributed by atoms with Gasteiger partial charge in [0.15, 0.2) is 6.29 Å². The second kappa shape index (κ2) is 11.3. The number of alkyl halides is 3. The Labute approximate surface area is 209 Å². The Bertz CT molecular complexity index is 1010. The number of halogens is 3. The molecule has 0 aliphatic carbocycles. The summed E-state index contributed by atoms with van der Waals surface area (Å²) in [6.45, 7) is 5.52. The normalized spacial score (nSPS) is 20.8. The number of hydrogen-bond acceptors (Lipinski definition) is 6. The molecule has 0 amide bonds. The van der Waals surface area contributed by atoms with Gasteiger partial charge in [-0.15, -0.1) is 0 Å². The maximum Gasteiger partial charge on any atom is 0.416 e. The van der Waals surface area contributed by atoms with E-state index in [2.05, 4.69) is 16.8 Å². The topological polar surface area (TPSA) is 62.2 Å². The standard InChI is InChI=1S/C14H17NO4.C13H16F3N/c16-8-11-1-2-12(14(17)9-19-10-14)7-13(11)15-3-5-18-6-4-15;1-17-8-6-11(7-9-17)10-2-4-12(5-3-10)13(14,15)16/h1-2,7-8,17H,3-6,9-10H2;2-5,11H,6-9H2,1H3. The molecule has 0 radical (unpaired) electrons. The van der Waals surface area contributed by atoms with Gasteiger partial charge in [0.2, 0.25) is 0 Å². The van der Waals surface area contributed by atoms with Crippen LogP contribution in [0.4, 0.5) is 18.9 Å². The van der Waals surface area contributed by atoms with Crippen LogP contribution >= 0.6 is 0 Å². The molecule has 0 unspecified atom stereocenters. The molecule has 3 fully saturated rings. The van der Waals surface area contributed by atoms with E-state index in [4.69, 9.17) is 9.47 Å². The highest BCUT2D eigenvalue weighted by Crippen LogP contribution is 2.34. The predicted octanol–water partition coefficient (Wildman–Crippen LogP) is 4.07. The molecule has 1 N–H and O–H groups in total. The number of benzene rings is 2. The third kappa shape index (κ3) is 6.26. The number of aldehydes is 1. The van der Waals surface area contributed by atoms with E-state index in [-0.39, 0.29) is 0 Å². The fourth-order valence-corrected chi connectivity index (χ4v) is 4.76. The number of likely N-dealkylation sites (tertiary alicyclic amines) is 1. The number of nitrogens with zero attached hydrogens (tertiary/aromatic N) is 2. The summed E-state index contributed by atoms with van der Waals surface area (Å²) in [5.41, 5.74) is 1.90. The average molecular weight is 507 g/mol. The summed E-state index contributed by atoms with van der Waals surface area (Å²) in [4.78, 5) is 15.5. The molecular weight excluding hydrogens is 473 g/mol. The molecule has 5 rings (SSSR count). The number of carbonyl (C=O) groups excluding carboxylic acids is 1. The summed E-state index contributed by atoms with van der Waals surface area (Å²) in [6.07, 6.45) is -1.31. The summed E-state index contributed by atoms with van der Waals surface area (Å²) < 4.78 is 47.6. The first kappa shape index (κ1) is 26.6. The van der Waals surface area contributed by atoms with E-state index in [0.717, 1.165) is 62.1 Å². The van der Waals surface area contributed by atoms with Gasteiger partial charge in [0.05, 0.1) is 32.0 Å². The minimum atomic E-state index is -4.23. The lowest BCUT2D eigenvalue weighted by Gasteiger charge is -2.38. The zero-order valence-corrected chi connectivity index (χ0v) is 20.5. The summed E-state index contributed by atoms with van der Waals surface area (Å²) in [5, 5.41) is 10.3. The predicted molar refractivity (Wildman–Crippen MR) is 130 cm³/mol. The largest absolute Gasteiger partial charge is 0.416 e. The van der Waals surface area contributed by atoms with E-state index in [0.29, 0.717) is 37.9 Å². The Balaban J connectivity index is 0.000000170. The molecule has 2 aromatic rings. The first-order valence-electron chi connectivity index (χ1n) is 12.3. The molecule has 9 heteroatoms. The second-order valence-electron chi connectivity index (χ2n) is 9.71. The van der Waals surface area contributed by atoms with Gasteiger partial charge in [0, 0.05) is 24.3 Å². The van der Waals surface area contributed by atoms with Crippen molar-refractivity contribution in [3.63, 3.8) is 0 Å². The number of ether oxygens (including phenoxy) is 2. The van der Waals surface area contributed by atoms with Gasteiger partial charge in [0.25, 0.3) is 0 Å². The zero-order valence-electron chi connectivity index (χ0n) is 20.5. The molecule has 0 atom stereocenters. The van der Waals surface area contributed by atoms with Gasteiger partial charge in [0.1, 0.15) is 5.60 Å². The first-order valence-corrected chi connectivity index (χ1v) is 12.3. The van der Waals surface area contributed by atoms with Crippen molar-refractivity contribution < 1.29 is 32.5 Å². The fourth-order valence-electron chi connectivity index (χ4n) is 4.76. The number of morpholine rings is 1. The highest BCUT2D eigenvalue weighted by atomic mass is 19.4. The molecule has 3 saturated heterocycles. The van der Waals surface area contributed by atoms with Crippen molar-refractivity contribution in [2.75, 3.05) is 64.6 Å². The van der Waals surface area contributed by atoms with Gasteiger partial charge < -0.3 is 24.4 Å². The van der Waals surface area contributed by atoms with Crippen LogP contribution in [0.2, 0.25) is 0 Å². The summed E-state index contributed by atoms with van der Waals surface area (Å²) in [7, 11) is 2.07. The van der Waals surface area contributed by atoms with Crippen molar-refractivity contribution in [3.05, 3.63) is 64.7 Å². The molecule has 6 nitrogen and oxygen atoms in total. The third-order valence-corrected chi connectivity index (χ3v) is 7.16. The molecule has 3 heterocycles. The third-order valence-electron chi connectivity index (χ3n) is 7.16. The van der Waals surface area contributed by atoms with Crippen molar-refractivity contribution in [3.8, 4) is 0 Å². The molecule has 0 aromatic heterocycles. The lowest BCUT2D eigenvalue weighted by Crippen LogP contribution is -2.46. The quantitative estimate of drug-likeness (QED) is 0.631. The molecule has 0 saturated carbocycles. The Morgan fingerprint density at radius 1 is 0.972 bits per heavy atom. The highest BCUT2D eigenvalue weighted by molar-refractivity contribution is 5.85. The second-order valence-corrected chi connectivity index (χ2v) is 9.71. The average Bonchev–Trinajstić information content (AvgIpc) is 2.88. The van der Waals surface area contributed by atoms with Crippen LogP contribution in [0, 0.1) is 0 Å². The smallest absolute Gasteiger partial charge is 0.380 e. The lowest BCUT2D eigenvalue weighted by atomic mass is 9.89. The number of carbonyl (C=O) groups is 1. The van der Waals surface area contributed by atoms with Gasteiger partial charge >= 0.3 is 6.18 Å². The monoisotopic (exact) mass is 506 g/mol. The maximum absolute atomic E-state index is 12.4. The van der Waals surface area contributed by atoms with E-state index in [1.54, 1.807) is 24.3 Å². The summed E-state index contributed by atoms with van der Waals surface area (Å²) in [6, 6.07) is 11.1. The number of rotatable bonds is 4. The molecule has 196 valence electrons. The van der Waals surface area contributed by atoms with Crippen molar-refractivity contribution >= 4 is 12.0 Å². The van der Waals surface area contributed by atoms with E-state index in [1.165, 1.54) is 12.1 Å². The molecule has 0 bridgehead atoms. The van der Waals surface area contributed by atoms with Gasteiger partial charge in [-0.1, -0.05) is 18.2 Å². The van der Waals surface area contributed by atoms with Crippen LogP contribution in [0.5, 0.6) is 0 Å². The van der Waals surface area contributed by atoms with Crippen molar-refractivity contribution in [1.82, 2.24) is 4.90 Å². The van der Waals surface area contributed by atoms with Crippen LogP contribution in [-0.2, 0) is 21.3 Å². The number of piperidine rings is 1. The van der Waals surface area contributed by atoms with Gasteiger partial charge in [-0.3, -0.25) is 4.79 Å². The van der Waals surface area contributed by atoms with Gasteiger partial charge in [-0.2, -0.15) is 13.2 Å². The Morgan fingerprint density at radius 3 is 2.14 bits per heavy atom. The molecule has 3 aliphatic rings. The van der Waals surface area contributed by atoms with Crippen LogP contribution in [0.3, 0.4) is 0 Å². The number of anilines is 1. The molecular formula is C27H33F3N2O4. The lowest BCUT2D eigenvalue weighted by molar-refractivity contribution is -0.184. The van der Waals surface area contributed by atoms with Gasteiger partial charge in [-0.25, -0.2) is 0 Å². The minimum absolute atomic E-state index is 0.315. The van der Waals surface area contributed by atoms with Crippen molar-refractivity contribution in [2.45, 2.75) is 30.5 Å². The highest BCUT2D eigenvalue weighted by Gasteiger charge is 2.38. The van der Waals surface area contributed by atoms with Crippen molar-refractivity contribution in [2.24, 2.45) is 0 Å². The van der Waals surface area contributed by atoms with Crippen LogP contribution in [-0.4, -0.2) is 75.9 Å². The van der Waals surface area contributed by atoms with Crippen LogP contribution in [0.25, 0.3) is 0 Å². The number of aliphatic hydroxyl groups is 1. The Kier molecular flexibility index (Phi) is 8.34. The Morgan fingerprint density at radius 2 is 1.61 bits per heavy atom. The Hall–Kier alpha value is -2.46. The zero-order chi connectivity index (χ0) is 25.8. The first-order chi connectivity index (χ1) is 17.2. The van der Waals surface area contributed by atoms with Crippen molar-refractivity contribution in [1.29, 1.82) is 0 Å². The summed E-state index contributed by atoms with van der Waals surface area (Å²) >= 11 is 0. The van der Waals surface area contributed by atoms with Crippen LogP contribution in [0.15, 0.2) is 42.5 Å². The van der Waals surface area contributed by atoms with E-state index in [1.807, 2.05) is 6.07 Å². The molecule has 0 spiro atoms. The minimum Gasteiger partial charge on any atom is -0.380 e. The number of hydrogen-bond donors (Lipinski definition) is 1. The van der Waals surface area contributed by atoms with E-state index in [9.17, 15) is 23.1 Å². The molecule has 36 heavy (non-hydrogen) atoms. The van der Waals surface area contributed by atoms with E-state index < -0.39 is 17.3 Å². The molecule has 3 aliphatic heterocycles. The van der Waals surface area contributed by atoms with Crippen LogP contribution in [0.1, 0.15) is 45.8 Å². The maximum atomic E-state index is 12.4. The van der Waals surface area contributed by atoms with Gasteiger partial charge in [-0.05, 0) is 74.3 Å². The van der Waals surface area contributed by atoms with E-state index >= 15 is 0 Å². The summed E-state index contributed by atoms with van der Waals surface area (Å²) in [5.74, 6) is 0.411.